The van der Waals surface area contributed by atoms with E-state index in [1.807, 2.05) is 55.5 Å². The van der Waals surface area contributed by atoms with Crippen LogP contribution in [0, 0.1) is 0 Å². The Morgan fingerprint density at radius 3 is 2.39 bits per heavy atom. The van der Waals surface area contributed by atoms with Crippen LogP contribution in [-0.2, 0) is 4.79 Å². The van der Waals surface area contributed by atoms with Gasteiger partial charge in [0.1, 0.15) is 6.04 Å². The van der Waals surface area contributed by atoms with Crippen LogP contribution in [0.2, 0.25) is 0 Å². The lowest BCUT2D eigenvalue weighted by Gasteiger charge is -2.19. The first kappa shape index (κ1) is 18.4. The number of thiophene rings is 1. The summed E-state index contributed by atoms with van der Waals surface area (Å²) in [6.07, 6.45) is 0. The SMILES string of the molecule is C[C@H]([NH2+][C@H](c1ccccc1)c1cccs1)C(=O)Nc1ccc2ccccc2c1. The van der Waals surface area contributed by atoms with Crippen molar-refractivity contribution >= 4 is 33.7 Å². The van der Waals surface area contributed by atoms with Crippen LogP contribution in [-0.4, -0.2) is 11.9 Å². The van der Waals surface area contributed by atoms with Crippen molar-refractivity contribution in [3.05, 3.63) is 101 Å². The van der Waals surface area contributed by atoms with Crippen molar-refractivity contribution in [2.24, 2.45) is 0 Å². The molecular weight excluding hydrogens is 364 g/mol. The van der Waals surface area contributed by atoms with Crippen LogP contribution in [0.3, 0.4) is 0 Å². The number of nitrogens with two attached hydrogens (primary N) is 1. The van der Waals surface area contributed by atoms with E-state index in [9.17, 15) is 4.79 Å². The molecule has 0 aliphatic heterocycles. The van der Waals surface area contributed by atoms with Crippen molar-refractivity contribution in [3.8, 4) is 0 Å². The number of carbonyl (C=O) groups excluding carboxylic acids is 1. The predicted molar refractivity (Wildman–Crippen MR) is 117 cm³/mol. The molecule has 0 bridgehead atoms. The van der Waals surface area contributed by atoms with Gasteiger partial charge in [0, 0.05) is 11.3 Å². The summed E-state index contributed by atoms with van der Waals surface area (Å²) in [6, 6.07) is 28.6. The normalized spacial score (nSPS) is 13.2. The largest absolute Gasteiger partial charge is 0.326 e. The van der Waals surface area contributed by atoms with Gasteiger partial charge in [0.15, 0.2) is 6.04 Å². The lowest BCUT2D eigenvalue weighted by molar-refractivity contribution is -0.703. The highest BCUT2D eigenvalue weighted by Gasteiger charge is 2.25. The molecule has 3 nitrogen and oxygen atoms in total. The van der Waals surface area contributed by atoms with Crippen molar-refractivity contribution in [2.75, 3.05) is 5.32 Å². The van der Waals surface area contributed by atoms with E-state index in [0.717, 1.165) is 11.1 Å². The first-order valence-electron chi connectivity index (χ1n) is 9.44. The number of amides is 1. The molecule has 0 saturated carbocycles. The van der Waals surface area contributed by atoms with Crippen LogP contribution in [0.1, 0.15) is 23.4 Å². The van der Waals surface area contributed by atoms with E-state index in [2.05, 4.69) is 52.4 Å². The maximum atomic E-state index is 12.8. The van der Waals surface area contributed by atoms with Crippen LogP contribution in [0.4, 0.5) is 5.69 Å². The van der Waals surface area contributed by atoms with Gasteiger partial charge < -0.3 is 10.6 Å². The Morgan fingerprint density at radius 2 is 1.64 bits per heavy atom. The molecule has 1 amide bonds. The van der Waals surface area contributed by atoms with Gasteiger partial charge in [-0.25, -0.2) is 0 Å². The standard InChI is InChI=1S/C24H22N2OS/c1-17(24(27)26-21-14-13-18-8-5-6-11-20(18)16-21)25-23(22-12-7-15-28-22)19-9-3-2-4-10-19/h2-17,23,25H,1H3,(H,26,27)/p+1/t17-,23+/m0/s1. The molecule has 0 spiro atoms. The van der Waals surface area contributed by atoms with Crippen molar-refractivity contribution in [2.45, 2.75) is 19.0 Å². The minimum absolute atomic E-state index is 0.00719. The molecule has 0 saturated heterocycles. The molecule has 4 aromatic rings. The number of anilines is 1. The first-order chi connectivity index (χ1) is 13.7. The van der Waals surface area contributed by atoms with Crippen LogP contribution in [0.5, 0.6) is 0 Å². The molecule has 3 aromatic carbocycles. The number of rotatable bonds is 6. The Balaban J connectivity index is 1.50. The van der Waals surface area contributed by atoms with Gasteiger partial charge >= 0.3 is 0 Å². The number of benzene rings is 3. The summed E-state index contributed by atoms with van der Waals surface area (Å²) in [7, 11) is 0. The van der Waals surface area contributed by atoms with Gasteiger partial charge in [-0.1, -0.05) is 66.7 Å². The zero-order valence-corrected chi connectivity index (χ0v) is 16.5. The van der Waals surface area contributed by atoms with Gasteiger partial charge in [0.05, 0.1) is 4.88 Å². The Hall–Kier alpha value is -2.95. The third-order valence-electron chi connectivity index (χ3n) is 4.92. The molecule has 4 heteroatoms. The summed E-state index contributed by atoms with van der Waals surface area (Å²) in [5, 5.41) is 9.58. The highest BCUT2D eigenvalue weighted by molar-refractivity contribution is 7.10. The molecule has 0 fully saturated rings. The molecule has 0 aliphatic rings. The molecule has 1 heterocycles. The number of fused-ring (bicyclic) bond motifs is 1. The van der Waals surface area contributed by atoms with Crippen LogP contribution >= 0.6 is 11.3 Å². The molecule has 0 aliphatic carbocycles. The van der Waals surface area contributed by atoms with Crippen LogP contribution < -0.4 is 10.6 Å². The molecule has 1 aromatic heterocycles. The van der Waals surface area contributed by atoms with E-state index in [1.165, 1.54) is 15.8 Å². The van der Waals surface area contributed by atoms with Gasteiger partial charge in [-0.05, 0) is 41.3 Å². The fraction of sp³-hybridized carbons (Fsp3) is 0.125. The second kappa shape index (κ2) is 8.38. The Labute approximate surface area is 169 Å². The Morgan fingerprint density at radius 1 is 0.893 bits per heavy atom. The van der Waals surface area contributed by atoms with Gasteiger partial charge in [-0.15, -0.1) is 11.3 Å². The highest BCUT2D eigenvalue weighted by atomic mass is 32.1. The number of carbonyl (C=O) groups is 1. The van der Waals surface area contributed by atoms with Crippen molar-refractivity contribution in [3.63, 3.8) is 0 Å². The number of nitrogens with one attached hydrogen (secondary N) is 1. The summed E-state index contributed by atoms with van der Waals surface area (Å²) in [6.45, 7) is 1.96. The van der Waals surface area contributed by atoms with Gasteiger partial charge in [-0.2, -0.15) is 0 Å². The number of quaternary nitrogens is 1. The lowest BCUT2D eigenvalue weighted by atomic mass is 10.0. The predicted octanol–water partition coefficient (Wildman–Crippen LogP) is 4.58. The first-order valence-corrected chi connectivity index (χ1v) is 10.3. The molecule has 0 unspecified atom stereocenters. The van der Waals surface area contributed by atoms with E-state index >= 15 is 0 Å². The quantitative estimate of drug-likeness (QED) is 0.500. The van der Waals surface area contributed by atoms with Gasteiger partial charge in [0.2, 0.25) is 0 Å². The average molecular weight is 388 g/mol. The van der Waals surface area contributed by atoms with E-state index < -0.39 is 0 Å². The number of hydrogen-bond acceptors (Lipinski definition) is 2. The van der Waals surface area contributed by atoms with E-state index in [0.29, 0.717) is 0 Å². The molecule has 3 N–H and O–H groups in total. The summed E-state index contributed by atoms with van der Waals surface area (Å²) < 4.78 is 0. The zero-order valence-electron chi connectivity index (χ0n) is 15.7. The van der Waals surface area contributed by atoms with E-state index in [1.54, 1.807) is 11.3 Å². The van der Waals surface area contributed by atoms with Gasteiger partial charge in [-0.3, -0.25) is 4.79 Å². The average Bonchev–Trinajstić information content (AvgIpc) is 3.27. The maximum absolute atomic E-state index is 12.8. The van der Waals surface area contributed by atoms with Crippen LogP contribution in [0.15, 0.2) is 90.3 Å². The van der Waals surface area contributed by atoms with E-state index in [4.69, 9.17) is 0 Å². The van der Waals surface area contributed by atoms with Gasteiger partial charge in [0.25, 0.3) is 5.91 Å². The minimum Gasteiger partial charge on any atom is -0.326 e. The molecular formula is C24H23N2OS+. The second-order valence-corrected chi connectivity index (χ2v) is 7.92. The molecule has 0 radical (unpaired) electrons. The van der Waals surface area contributed by atoms with Crippen molar-refractivity contribution in [1.29, 1.82) is 0 Å². The molecule has 4 rings (SSSR count). The fourth-order valence-corrected chi connectivity index (χ4v) is 4.23. The van der Waals surface area contributed by atoms with Crippen molar-refractivity contribution in [1.82, 2.24) is 0 Å². The molecule has 28 heavy (non-hydrogen) atoms. The van der Waals surface area contributed by atoms with Crippen LogP contribution in [0.25, 0.3) is 10.8 Å². The zero-order chi connectivity index (χ0) is 19.3. The topological polar surface area (TPSA) is 45.7 Å². The summed E-state index contributed by atoms with van der Waals surface area (Å²) >= 11 is 1.72. The smallest absolute Gasteiger partial charge is 0.282 e. The Kier molecular flexibility index (Phi) is 5.51. The number of hydrogen-bond donors (Lipinski definition) is 2. The second-order valence-electron chi connectivity index (χ2n) is 6.94. The molecule has 140 valence electrons. The third-order valence-corrected chi connectivity index (χ3v) is 5.88. The Bertz CT molecular complexity index is 1060. The highest BCUT2D eigenvalue weighted by Crippen LogP contribution is 2.23. The maximum Gasteiger partial charge on any atom is 0.282 e. The van der Waals surface area contributed by atoms with E-state index in [-0.39, 0.29) is 18.0 Å². The summed E-state index contributed by atoms with van der Waals surface area (Å²) in [5.74, 6) is 0.00719. The summed E-state index contributed by atoms with van der Waals surface area (Å²) in [5.41, 5.74) is 2.03. The third kappa shape index (κ3) is 4.14. The summed E-state index contributed by atoms with van der Waals surface area (Å²) in [4.78, 5) is 14.1. The lowest BCUT2D eigenvalue weighted by Crippen LogP contribution is -2.92. The minimum atomic E-state index is -0.223. The monoisotopic (exact) mass is 387 g/mol. The fourth-order valence-electron chi connectivity index (χ4n) is 3.40. The molecule has 2 atom stereocenters. The van der Waals surface area contributed by atoms with Crippen molar-refractivity contribution < 1.29 is 10.1 Å².